The molecular formula is C18H30N4O2. The van der Waals surface area contributed by atoms with Crippen LogP contribution in [0.3, 0.4) is 0 Å². The van der Waals surface area contributed by atoms with Gasteiger partial charge < -0.3 is 20.0 Å². The average Bonchev–Trinajstić information content (AvgIpc) is 3.09. The standard InChI is InChI=1S/C18H30N4O2/c1-4-8-18(2)9-6-12-22(14-18)17(19-3)21-11-10-20-16(23)15-7-5-13-24-15/h5,7,13H,4,6,8-12,14H2,1-3H3,(H,19,21)(H,20,23). The van der Waals surface area contributed by atoms with Crippen molar-refractivity contribution in [3.63, 3.8) is 0 Å². The van der Waals surface area contributed by atoms with Gasteiger partial charge in [-0.2, -0.15) is 0 Å². The zero-order valence-electron chi connectivity index (χ0n) is 15.1. The summed E-state index contributed by atoms with van der Waals surface area (Å²) in [6.45, 7) is 7.87. The molecule has 0 spiro atoms. The van der Waals surface area contributed by atoms with Crippen molar-refractivity contribution >= 4 is 11.9 Å². The Labute approximate surface area is 144 Å². The van der Waals surface area contributed by atoms with Crippen LogP contribution in [0.5, 0.6) is 0 Å². The molecule has 1 atom stereocenters. The molecule has 1 aromatic rings. The first-order valence-corrected chi connectivity index (χ1v) is 8.85. The topological polar surface area (TPSA) is 69.9 Å². The number of nitrogens with zero attached hydrogens (tertiary/aromatic N) is 2. The van der Waals surface area contributed by atoms with Crippen LogP contribution >= 0.6 is 0 Å². The van der Waals surface area contributed by atoms with Crippen molar-refractivity contribution in [1.82, 2.24) is 15.5 Å². The number of guanidine groups is 1. The van der Waals surface area contributed by atoms with Gasteiger partial charge in [0.1, 0.15) is 0 Å². The van der Waals surface area contributed by atoms with E-state index in [1.807, 2.05) is 7.05 Å². The van der Waals surface area contributed by atoms with E-state index in [0.29, 0.717) is 24.3 Å². The van der Waals surface area contributed by atoms with Crippen LogP contribution in [0.15, 0.2) is 27.8 Å². The molecule has 2 heterocycles. The highest BCUT2D eigenvalue weighted by molar-refractivity contribution is 5.91. The van der Waals surface area contributed by atoms with Crippen LogP contribution in [0.2, 0.25) is 0 Å². The van der Waals surface area contributed by atoms with E-state index in [2.05, 4.69) is 34.4 Å². The minimum Gasteiger partial charge on any atom is -0.459 e. The lowest BCUT2D eigenvalue weighted by Crippen LogP contribution is -2.50. The van der Waals surface area contributed by atoms with Crippen molar-refractivity contribution < 1.29 is 9.21 Å². The molecule has 0 bridgehead atoms. The minimum atomic E-state index is -0.190. The molecule has 1 aliphatic heterocycles. The van der Waals surface area contributed by atoms with E-state index in [1.165, 1.54) is 31.9 Å². The lowest BCUT2D eigenvalue weighted by molar-refractivity contribution is 0.0926. The highest BCUT2D eigenvalue weighted by Crippen LogP contribution is 2.33. The smallest absolute Gasteiger partial charge is 0.287 e. The largest absolute Gasteiger partial charge is 0.459 e. The molecule has 2 rings (SSSR count). The first-order valence-electron chi connectivity index (χ1n) is 8.85. The van der Waals surface area contributed by atoms with Gasteiger partial charge in [0, 0.05) is 33.2 Å². The van der Waals surface area contributed by atoms with E-state index < -0.39 is 0 Å². The molecule has 6 nitrogen and oxygen atoms in total. The summed E-state index contributed by atoms with van der Waals surface area (Å²) in [7, 11) is 1.82. The van der Waals surface area contributed by atoms with Crippen molar-refractivity contribution in [3.05, 3.63) is 24.2 Å². The Kier molecular flexibility index (Phi) is 6.70. The van der Waals surface area contributed by atoms with Crippen molar-refractivity contribution in [3.8, 4) is 0 Å². The Hall–Kier alpha value is -1.98. The van der Waals surface area contributed by atoms with Gasteiger partial charge in [-0.25, -0.2) is 0 Å². The average molecular weight is 334 g/mol. The fourth-order valence-corrected chi connectivity index (χ4v) is 3.48. The number of furan rings is 1. The molecule has 1 aliphatic rings. The zero-order chi connectivity index (χ0) is 17.4. The molecule has 1 saturated heterocycles. The lowest BCUT2D eigenvalue weighted by atomic mass is 9.78. The van der Waals surface area contributed by atoms with E-state index in [0.717, 1.165) is 19.0 Å². The number of amides is 1. The van der Waals surface area contributed by atoms with Crippen LogP contribution in [0.25, 0.3) is 0 Å². The first-order chi connectivity index (χ1) is 11.6. The zero-order valence-corrected chi connectivity index (χ0v) is 15.1. The number of carbonyl (C=O) groups is 1. The maximum atomic E-state index is 11.8. The minimum absolute atomic E-state index is 0.190. The Bertz CT molecular complexity index is 537. The van der Waals surface area contributed by atoms with Crippen LogP contribution in [0, 0.1) is 5.41 Å². The lowest BCUT2D eigenvalue weighted by Gasteiger charge is -2.42. The van der Waals surface area contributed by atoms with E-state index in [9.17, 15) is 4.79 Å². The fraction of sp³-hybridized carbons (Fsp3) is 0.667. The summed E-state index contributed by atoms with van der Waals surface area (Å²) in [5, 5.41) is 6.19. The summed E-state index contributed by atoms with van der Waals surface area (Å²) in [4.78, 5) is 18.6. The quantitative estimate of drug-likeness (QED) is 0.476. The molecule has 1 aromatic heterocycles. The molecule has 1 amide bonds. The molecule has 0 aliphatic carbocycles. The van der Waals surface area contributed by atoms with Crippen LogP contribution in [0.1, 0.15) is 50.1 Å². The highest BCUT2D eigenvalue weighted by atomic mass is 16.3. The van der Waals surface area contributed by atoms with E-state index in [4.69, 9.17) is 4.42 Å². The summed E-state index contributed by atoms with van der Waals surface area (Å²) in [6.07, 6.45) is 6.45. The van der Waals surface area contributed by atoms with Crippen LogP contribution < -0.4 is 10.6 Å². The predicted octanol–water partition coefficient (Wildman–Crippen LogP) is 2.49. The van der Waals surface area contributed by atoms with Crippen molar-refractivity contribution in [2.24, 2.45) is 10.4 Å². The summed E-state index contributed by atoms with van der Waals surface area (Å²) >= 11 is 0. The fourth-order valence-electron chi connectivity index (χ4n) is 3.48. The van der Waals surface area contributed by atoms with Gasteiger partial charge in [0.15, 0.2) is 11.7 Å². The Morgan fingerprint density at radius 1 is 1.42 bits per heavy atom. The van der Waals surface area contributed by atoms with Gasteiger partial charge in [-0.05, 0) is 36.8 Å². The van der Waals surface area contributed by atoms with E-state index >= 15 is 0 Å². The molecule has 1 fully saturated rings. The summed E-state index contributed by atoms with van der Waals surface area (Å²) < 4.78 is 5.07. The number of hydrogen-bond donors (Lipinski definition) is 2. The van der Waals surface area contributed by atoms with E-state index in [1.54, 1.807) is 12.1 Å². The third-order valence-electron chi connectivity index (χ3n) is 4.58. The second kappa shape index (κ2) is 8.76. The van der Waals surface area contributed by atoms with Crippen LogP contribution in [-0.2, 0) is 0 Å². The Balaban J connectivity index is 1.77. The van der Waals surface area contributed by atoms with Gasteiger partial charge in [-0.15, -0.1) is 0 Å². The monoisotopic (exact) mass is 334 g/mol. The number of rotatable bonds is 6. The van der Waals surface area contributed by atoms with Crippen molar-refractivity contribution in [2.45, 2.75) is 39.5 Å². The molecule has 0 radical (unpaired) electrons. The number of aliphatic imine (C=N–C) groups is 1. The molecule has 2 N–H and O–H groups in total. The summed E-state index contributed by atoms with van der Waals surface area (Å²) in [5.74, 6) is 1.07. The van der Waals surface area contributed by atoms with Gasteiger partial charge in [0.25, 0.3) is 5.91 Å². The van der Waals surface area contributed by atoms with Gasteiger partial charge in [-0.3, -0.25) is 9.79 Å². The Morgan fingerprint density at radius 2 is 2.21 bits per heavy atom. The van der Waals surface area contributed by atoms with Crippen molar-refractivity contribution in [2.75, 3.05) is 33.2 Å². The number of piperidine rings is 1. The number of likely N-dealkylation sites (tertiary alicyclic amines) is 1. The van der Waals surface area contributed by atoms with Crippen molar-refractivity contribution in [1.29, 1.82) is 0 Å². The molecule has 24 heavy (non-hydrogen) atoms. The van der Waals surface area contributed by atoms with Gasteiger partial charge in [0.05, 0.1) is 6.26 Å². The van der Waals surface area contributed by atoms with Gasteiger partial charge in [-0.1, -0.05) is 20.3 Å². The third kappa shape index (κ3) is 5.01. The predicted molar refractivity (Wildman–Crippen MR) is 96.2 cm³/mol. The molecule has 134 valence electrons. The maximum absolute atomic E-state index is 11.8. The summed E-state index contributed by atoms with van der Waals surface area (Å²) in [6, 6.07) is 3.36. The maximum Gasteiger partial charge on any atom is 0.287 e. The highest BCUT2D eigenvalue weighted by Gasteiger charge is 2.31. The third-order valence-corrected chi connectivity index (χ3v) is 4.58. The van der Waals surface area contributed by atoms with E-state index in [-0.39, 0.29) is 5.91 Å². The molecule has 6 heteroatoms. The second-order valence-corrected chi connectivity index (χ2v) is 6.79. The van der Waals surface area contributed by atoms with Crippen LogP contribution in [-0.4, -0.2) is 50.0 Å². The second-order valence-electron chi connectivity index (χ2n) is 6.79. The molecule has 0 aromatic carbocycles. The van der Waals surface area contributed by atoms with Gasteiger partial charge in [0.2, 0.25) is 0 Å². The number of nitrogens with one attached hydrogen (secondary N) is 2. The molecule has 0 saturated carbocycles. The normalized spacial score (nSPS) is 21.6. The number of hydrogen-bond acceptors (Lipinski definition) is 3. The molecule has 1 unspecified atom stereocenters. The first kappa shape index (κ1) is 18.4. The Morgan fingerprint density at radius 3 is 2.88 bits per heavy atom. The molecular weight excluding hydrogens is 304 g/mol. The van der Waals surface area contributed by atoms with Crippen LogP contribution in [0.4, 0.5) is 0 Å². The summed E-state index contributed by atoms with van der Waals surface area (Å²) in [5.41, 5.74) is 0.373. The number of carbonyl (C=O) groups excluding carboxylic acids is 1. The van der Waals surface area contributed by atoms with Gasteiger partial charge >= 0.3 is 0 Å². The SMILES string of the molecule is CCCC1(C)CCCN(C(=NC)NCCNC(=O)c2ccco2)C1.